The van der Waals surface area contributed by atoms with E-state index in [2.05, 4.69) is 10.3 Å². The third-order valence-corrected chi connectivity index (χ3v) is 3.50. The predicted molar refractivity (Wildman–Crippen MR) is 85.7 cm³/mol. The van der Waals surface area contributed by atoms with Crippen molar-refractivity contribution in [3.63, 3.8) is 0 Å². The summed E-state index contributed by atoms with van der Waals surface area (Å²) in [4.78, 5) is 29.4. The first-order valence-electron chi connectivity index (χ1n) is 7.12. The zero-order valence-electron chi connectivity index (χ0n) is 12.4. The van der Waals surface area contributed by atoms with Crippen LogP contribution < -0.4 is 15.7 Å². The van der Waals surface area contributed by atoms with Crippen LogP contribution in [0.4, 0.5) is 16.3 Å². The van der Waals surface area contributed by atoms with Gasteiger partial charge in [0.2, 0.25) is 0 Å². The second kappa shape index (κ2) is 6.09. The molecule has 1 aliphatic rings. The van der Waals surface area contributed by atoms with E-state index in [9.17, 15) is 14.6 Å². The van der Waals surface area contributed by atoms with Gasteiger partial charge in [0.25, 0.3) is 5.91 Å². The molecule has 3 rings (SSSR count). The van der Waals surface area contributed by atoms with Crippen LogP contribution in [0.5, 0.6) is 0 Å². The summed E-state index contributed by atoms with van der Waals surface area (Å²) in [6.45, 7) is 2.20. The van der Waals surface area contributed by atoms with Crippen molar-refractivity contribution >= 4 is 36.1 Å². The van der Waals surface area contributed by atoms with Crippen LogP contribution in [-0.4, -0.2) is 35.7 Å². The summed E-state index contributed by atoms with van der Waals surface area (Å²) < 4.78 is 4.87. The van der Waals surface area contributed by atoms with Gasteiger partial charge in [-0.1, -0.05) is 6.07 Å². The molecular weight excluding hydrogens is 297 g/mol. The molecule has 2 amide bonds. The second-order valence-electron chi connectivity index (χ2n) is 4.92. The highest BCUT2D eigenvalue weighted by atomic mass is 16.6. The number of hydrogen-bond donors (Lipinski definition) is 2. The molecule has 23 heavy (non-hydrogen) atoms. The second-order valence-corrected chi connectivity index (χ2v) is 4.92. The molecule has 2 N–H and O–H groups in total. The number of anilines is 2. The van der Waals surface area contributed by atoms with Gasteiger partial charge < -0.3 is 15.0 Å². The van der Waals surface area contributed by atoms with E-state index in [1.54, 1.807) is 43.5 Å². The third kappa shape index (κ3) is 2.88. The molecule has 1 aliphatic heterocycles. The molecule has 0 spiro atoms. The Hall–Kier alpha value is -2.87. The van der Waals surface area contributed by atoms with E-state index in [4.69, 9.17) is 4.65 Å². The molecule has 0 aliphatic carbocycles. The summed E-state index contributed by atoms with van der Waals surface area (Å²) in [7, 11) is -1.39. The van der Waals surface area contributed by atoms with Gasteiger partial charge >= 0.3 is 13.2 Å². The van der Waals surface area contributed by atoms with Crippen LogP contribution in [0.1, 0.15) is 17.3 Å². The first-order chi connectivity index (χ1) is 11.1. The molecule has 0 atom stereocenters. The smallest absolute Gasteiger partial charge is 0.489 e. The highest BCUT2D eigenvalue weighted by Crippen LogP contribution is 2.20. The predicted octanol–water partition coefficient (Wildman–Crippen LogP) is 0.998. The molecule has 1 aromatic carbocycles. The summed E-state index contributed by atoms with van der Waals surface area (Å²) >= 11 is 0. The Morgan fingerprint density at radius 1 is 1.39 bits per heavy atom. The summed E-state index contributed by atoms with van der Waals surface area (Å²) in [6, 6.07) is 9.90. The number of aromatic nitrogens is 1. The number of carbonyl (C=O) groups is 2. The van der Waals surface area contributed by atoms with E-state index >= 15 is 0 Å². The zero-order valence-corrected chi connectivity index (χ0v) is 12.4. The van der Waals surface area contributed by atoms with Crippen molar-refractivity contribution in [3.8, 4) is 0 Å². The van der Waals surface area contributed by atoms with Gasteiger partial charge in [-0.05, 0) is 37.3 Å². The van der Waals surface area contributed by atoms with Crippen LogP contribution in [0.3, 0.4) is 0 Å². The van der Waals surface area contributed by atoms with E-state index in [1.165, 1.54) is 11.0 Å². The fourth-order valence-corrected chi connectivity index (χ4v) is 2.38. The summed E-state index contributed by atoms with van der Waals surface area (Å²) in [5.41, 5.74) is 1.24. The Morgan fingerprint density at radius 3 is 2.91 bits per heavy atom. The van der Waals surface area contributed by atoms with Crippen molar-refractivity contribution in [3.05, 3.63) is 48.2 Å². The minimum Gasteiger partial charge on any atom is -0.489 e. The number of fused-ring (bicyclic) bond motifs is 1. The molecule has 2 heterocycles. The van der Waals surface area contributed by atoms with Crippen LogP contribution in [0.2, 0.25) is 0 Å². The van der Waals surface area contributed by atoms with Gasteiger partial charge in [0.15, 0.2) is 0 Å². The van der Waals surface area contributed by atoms with Gasteiger partial charge in [-0.25, -0.2) is 9.78 Å². The van der Waals surface area contributed by atoms with Crippen LogP contribution >= 0.6 is 0 Å². The quantitative estimate of drug-likeness (QED) is 0.825. The Morgan fingerprint density at radius 2 is 2.22 bits per heavy atom. The Labute approximate surface area is 133 Å². The van der Waals surface area contributed by atoms with Crippen molar-refractivity contribution in [1.29, 1.82) is 0 Å². The van der Waals surface area contributed by atoms with E-state index < -0.39 is 13.2 Å². The van der Waals surface area contributed by atoms with Crippen LogP contribution in [0, 0.1) is 0 Å². The lowest BCUT2D eigenvalue weighted by Gasteiger charge is -2.29. The van der Waals surface area contributed by atoms with E-state index in [1.807, 2.05) is 0 Å². The molecule has 7 nitrogen and oxygen atoms in total. The molecular formula is C15H14BN3O4. The van der Waals surface area contributed by atoms with Gasteiger partial charge in [-0.15, -0.1) is 0 Å². The first-order valence-corrected chi connectivity index (χ1v) is 7.12. The number of benzene rings is 1. The monoisotopic (exact) mass is 311 g/mol. The molecule has 0 unspecified atom stereocenters. The lowest BCUT2D eigenvalue weighted by atomic mass is 9.76. The number of amides is 2. The molecule has 2 aromatic rings. The van der Waals surface area contributed by atoms with Gasteiger partial charge in [0, 0.05) is 29.5 Å². The average molecular weight is 311 g/mol. The topological polar surface area (TPSA) is 91.8 Å². The van der Waals surface area contributed by atoms with Crippen molar-refractivity contribution < 1.29 is 19.3 Å². The Balaban J connectivity index is 1.90. The Bertz CT molecular complexity index is 754. The molecule has 0 bridgehead atoms. The summed E-state index contributed by atoms with van der Waals surface area (Å²) in [6.07, 6.45) is 0.961. The maximum atomic E-state index is 12.3. The summed E-state index contributed by atoms with van der Waals surface area (Å²) in [5.74, 6) is 0.0658. The molecule has 0 fully saturated rings. The Kier molecular flexibility index (Phi) is 3.99. The number of rotatable bonds is 3. The number of hydrogen-bond acceptors (Lipinski definition) is 5. The lowest BCUT2D eigenvalue weighted by Crippen LogP contribution is -2.50. The third-order valence-electron chi connectivity index (χ3n) is 3.50. The molecule has 8 heteroatoms. The number of carbonyl (C=O) groups excluding carboxylic acids is 2. The molecule has 0 saturated heterocycles. The van der Waals surface area contributed by atoms with Crippen LogP contribution in [0.15, 0.2) is 42.6 Å². The maximum absolute atomic E-state index is 12.3. The number of nitrogens with zero attached hydrogens (tertiary/aromatic N) is 2. The van der Waals surface area contributed by atoms with Crippen molar-refractivity contribution in [2.75, 3.05) is 16.8 Å². The highest BCUT2D eigenvalue weighted by Gasteiger charge is 2.36. The average Bonchev–Trinajstić information content (AvgIpc) is 2.56. The largest absolute Gasteiger partial charge is 0.565 e. The molecule has 116 valence electrons. The van der Waals surface area contributed by atoms with Crippen molar-refractivity contribution in [2.45, 2.75) is 6.92 Å². The number of pyridine rings is 1. The van der Waals surface area contributed by atoms with Gasteiger partial charge in [0.05, 0.1) is 0 Å². The standard InChI is InChI=1S/C15H14BN3O4/c1-2-19-12-7-6-10(9-11(12)16(22)23-15(19)21)14(20)18-13-5-3-4-8-17-13/h3-9,22H,2H2,1H3,(H,17,18,20). The first kappa shape index (κ1) is 15.0. The van der Waals surface area contributed by atoms with Crippen molar-refractivity contribution in [1.82, 2.24) is 4.98 Å². The van der Waals surface area contributed by atoms with Gasteiger partial charge in [0.1, 0.15) is 5.82 Å². The minimum atomic E-state index is -1.39. The van der Waals surface area contributed by atoms with Gasteiger partial charge in [-0.2, -0.15) is 0 Å². The maximum Gasteiger partial charge on any atom is 0.565 e. The lowest BCUT2D eigenvalue weighted by molar-refractivity contribution is 0.102. The highest BCUT2D eigenvalue weighted by molar-refractivity contribution is 6.65. The fraction of sp³-hybridized carbons (Fsp3) is 0.133. The molecule has 1 aromatic heterocycles. The summed E-state index contributed by atoms with van der Waals surface area (Å²) in [5, 5.41) is 12.6. The zero-order chi connectivity index (χ0) is 16.4. The van der Waals surface area contributed by atoms with E-state index in [-0.39, 0.29) is 5.91 Å². The number of nitrogens with one attached hydrogen (secondary N) is 1. The minimum absolute atomic E-state index is 0.336. The van der Waals surface area contributed by atoms with E-state index in [0.717, 1.165) is 0 Å². The normalized spacial score (nSPS) is 13.4. The van der Waals surface area contributed by atoms with E-state index in [0.29, 0.717) is 29.1 Å². The van der Waals surface area contributed by atoms with Crippen molar-refractivity contribution in [2.24, 2.45) is 0 Å². The SMILES string of the molecule is CCN1C(=O)OB(O)c2cc(C(=O)Nc3ccccn3)ccc21. The molecule has 0 radical (unpaired) electrons. The van der Waals surface area contributed by atoms with Gasteiger partial charge in [-0.3, -0.25) is 9.69 Å². The fourth-order valence-electron chi connectivity index (χ4n) is 2.38. The van der Waals surface area contributed by atoms with Crippen LogP contribution in [-0.2, 0) is 4.65 Å². The molecule has 0 saturated carbocycles. The van der Waals surface area contributed by atoms with Crippen LogP contribution in [0.25, 0.3) is 0 Å².